The first-order valence-electron chi connectivity index (χ1n) is 7.59. The van der Waals surface area contributed by atoms with Crippen molar-refractivity contribution in [3.8, 4) is 11.1 Å². The normalized spacial score (nSPS) is 11.1. The minimum absolute atomic E-state index is 0.0921. The molecule has 0 aliphatic heterocycles. The van der Waals surface area contributed by atoms with Crippen molar-refractivity contribution in [3.63, 3.8) is 0 Å². The molecule has 3 nitrogen and oxygen atoms in total. The number of benzene rings is 2. The molecule has 0 bridgehead atoms. The van der Waals surface area contributed by atoms with Crippen LogP contribution < -0.4 is 5.56 Å². The van der Waals surface area contributed by atoms with Crippen LogP contribution in [0.2, 0.25) is 0 Å². The largest absolute Gasteiger partial charge is 0.294 e. The van der Waals surface area contributed by atoms with E-state index in [2.05, 4.69) is 20.9 Å². The summed E-state index contributed by atoms with van der Waals surface area (Å²) in [5.41, 5.74) is 2.52. The van der Waals surface area contributed by atoms with Crippen LogP contribution in [-0.4, -0.2) is 9.55 Å². The van der Waals surface area contributed by atoms with Crippen molar-refractivity contribution in [2.75, 3.05) is 0 Å². The summed E-state index contributed by atoms with van der Waals surface area (Å²) in [5.74, 6) is -0.298. The molecule has 25 heavy (non-hydrogen) atoms. The molecule has 0 saturated heterocycles. The fourth-order valence-corrected chi connectivity index (χ4v) is 4.11. The molecule has 2 aromatic carbocycles. The molecule has 124 valence electrons. The lowest BCUT2D eigenvalue weighted by molar-refractivity contribution is 0.628. The lowest BCUT2D eigenvalue weighted by Gasteiger charge is -2.07. The van der Waals surface area contributed by atoms with E-state index >= 15 is 0 Å². The summed E-state index contributed by atoms with van der Waals surface area (Å²) in [6, 6.07) is 14.0. The molecule has 0 amide bonds. The Bertz CT molecular complexity index is 1120. The number of aromatic nitrogens is 2. The SMILES string of the molecule is O=c1c2c(-c3ccc(F)cc3)csc2ncn1Cc1cccc(Br)c1. The van der Waals surface area contributed by atoms with E-state index in [4.69, 9.17) is 0 Å². The zero-order valence-corrected chi connectivity index (χ0v) is 15.3. The van der Waals surface area contributed by atoms with E-state index in [9.17, 15) is 9.18 Å². The fourth-order valence-electron chi connectivity index (χ4n) is 2.75. The number of rotatable bonds is 3. The quantitative estimate of drug-likeness (QED) is 0.468. The van der Waals surface area contributed by atoms with Crippen LogP contribution in [-0.2, 0) is 6.54 Å². The summed E-state index contributed by atoms with van der Waals surface area (Å²) < 4.78 is 15.7. The van der Waals surface area contributed by atoms with Gasteiger partial charge in [-0.15, -0.1) is 11.3 Å². The highest BCUT2D eigenvalue weighted by Crippen LogP contribution is 2.30. The molecule has 0 unspecified atom stereocenters. The molecular weight excluding hydrogens is 403 g/mol. The van der Waals surface area contributed by atoms with Gasteiger partial charge in [0.25, 0.3) is 5.56 Å². The topological polar surface area (TPSA) is 34.9 Å². The fraction of sp³-hybridized carbons (Fsp3) is 0.0526. The van der Waals surface area contributed by atoms with Crippen molar-refractivity contribution >= 4 is 37.5 Å². The lowest BCUT2D eigenvalue weighted by Crippen LogP contribution is -2.20. The molecule has 0 saturated carbocycles. The van der Waals surface area contributed by atoms with E-state index in [0.717, 1.165) is 21.2 Å². The minimum Gasteiger partial charge on any atom is -0.294 e. The number of nitrogens with zero attached hydrogens (tertiary/aromatic N) is 2. The first-order chi connectivity index (χ1) is 12.1. The van der Waals surface area contributed by atoms with Gasteiger partial charge in [0, 0.05) is 15.4 Å². The molecule has 0 spiro atoms. The van der Waals surface area contributed by atoms with Gasteiger partial charge in [0.2, 0.25) is 0 Å². The van der Waals surface area contributed by atoms with Gasteiger partial charge in [-0.2, -0.15) is 0 Å². The highest BCUT2D eigenvalue weighted by Gasteiger charge is 2.13. The second-order valence-electron chi connectivity index (χ2n) is 5.64. The Labute approximate surface area is 155 Å². The van der Waals surface area contributed by atoms with Crippen molar-refractivity contribution in [3.05, 3.63) is 86.4 Å². The Morgan fingerprint density at radius 2 is 1.96 bits per heavy atom. The Morgan fingerprint density at radius 1 is 1.16 bits per heavy atom. The van der Waals surface area contributed by atoms with E-state index < -0.39 is 0 Å². The molecule has 0 N–H and O–H groups in total. The van der Waals surface area contributed by atoms with Gasteiger partial charge >= 0.3 is 0 Å². The Balaban J connectivity index is 1.83. The van der Waals surface area contributed by atoms with Crippen molar-refractivity contribution in [2.45, 2.75) is 6.54 Å². The standard InChI is InChI=1S/C19H12BrFN2OS/c20-14-3-1-2-12(8-14)9-23-11-22-18-17(19(23)24)16(10-25-18)13-4-6-15(21)7-5-13/h1-8,10-11H,9H2. The van der Waals surface area contributed by atoms with Gasteiger partial charge < -0.3 is 0 Å². The van der Waals surface area contributed by atoms with Gasteiger partial charge in [0.1, 0.15) is 10.6 Å². The molecule has 6 heteroatoms. The highest BCUT2D eigenvalue weighted by atomic mass is 79.9. The van der Waals surface area contributed by atoms with Crippen LogP contribution in [0.5, 0.6) is 0 Å². The first-order valence-corrected chi connectivity index (χ1v) is 9.26. The van der Waals surface area contributed by atoms with Crippen molar-refractivity contribution in [1.82, 2.24) is 9.55 Å². The number of halogens is 2. The van der Waals surface area contributed by atoms with E-state index in [1.807, 2.05) is 29.6 Å². The third-order valence-corrected chi connectivity index (χ3v) is 5.34. The number of fused-ring (bicyclic) bond motifs is 1. The zero-order chi connectivity index (χ0) is 17.4. The maximum absolute atomic E-state index is 13.2. The third-order valence-electron chi connectivity index (χ3n) is 3.96. The molecule has 2 aromatic heterocycles. The third kappa shape index (κ3) is 3.15. The molecule has 4 aromatic rings. The lowest BCUT2D eigenvalue weighted by atomic mass is 10.1. The maximum atomic E-state index is 13.2. The molecule has 2 heterocycles. The summed E-state index contributed by atoms with van der Waals surface area (Å²) in [6.45, 7) is 0.444. The van der Waals surface area contributed by atoms with Crippen LogP contribution in [0.3, 0.4) is 0 Å². The molecular formula is C19H12BrFN2OS. The summed E-state index contributed by atoms with van der Waals surface area (Å²) in [5, 5.41) is 2.48. The van der Waals surface area contributed by atoms with Crippen molar-refractivity contribution < 1.29 is 4.39 Å². The van der Waals surface area contributed by atoms with Gasteiger partial charge in [-0.25, -0.2) is 9.37 Å². The van der Waals surface area contributed by atoms with Crippen LogP contribution in [0.25, 0.3) is 21.3 Å². The zero-order valence-electron chi connectivity index (χ0n) is 12.9. The van der Waals surface area contributed by atoms with Gasteiger partial charge in [0.05, 0.1) is 18.3 Å². The van der Waals surface area contributed by atoms with Crippen LogP contribution in [0.4, 0.5) is 4.39 Å². The molecule has 4 rings (SSSR count). The van der Waals surface area contributed by atoms with Crippen LogP contribution in [0.1, 0.15) is 5.56 Å². The minimum atomic E-state index is -0.298. The van der Waals surface area contributed by atoms with Crippen molar-refractivity contribution in [2.24, 2.45) is 0 Å². The maximum Gasteiger partial charge on any atom is 0.263 e. The molecule has 0 fully saturated rings. The second-order valence-corrected chi connectivity index (χ2v) is 7.42. The van der Waals surface area contributed by atoms with Crippen LogP contribution in [0, 0.1) is 5.82 Å². The summed E-state index contributed by atoms with van der Waals surface area (Å²) in [6.07, 6.45) is 1.58. The Morgan fingerprint density at radius 3 is 2.72 bits per heavy atom. The van der Waals surface area contributed by atoms with E-state index in [0.29, 0.717) is 16.8 Å². The predicted molar refractivity (Wildman–Crippen MR) is 103 cm³/mol. The van der Waals surface area contributed by atoms with Crippen molar-refractivity contribution in [1.29, 1.82) is 0 Å². The predicted octanol–water partition coefficient (Wildman–Crippen LogP) is 5.07. The average molecular weight is 415 g/mol. The summed E-state index contributed by atoms with van der Waals surface area (Å²) in [4.78, 5) is 18.1. The number of thiophene rings is 1. The Kier molecular flexibility index (Phi) is 4.23. The van der Waals surface area contributed by atoms with Gasteiger partial charge in [-0.1, -0.05) is 40.2 Å². The molecule has 0 aliphatic carbocycles. The van der Waals surface area contributed by atoms with Crippen LogP contribution >= 0.6 is 27.3 Å². The van der Waals surface area contributed by atoms with E-state index in [-0.39, 0.29) is 11.4 Å². The van der Waals surface area contributed by atoms with Gasteiger partial charge in [0.15, 0.2) is 0 Å². The number of hydrogen-bond donors (Lipinski definition) is 0. The second kappa shape index (κ2) is 6.54. The summed E-state index contributed by atoms with van der Waals surface area (Å²) in [7, 11) is 0. The van der Waals surface area contributed by atoms with E-state index in [1.165, 1.54) is 23.5 Å². The van der Waals surface area contributed by atoms with Gasteiger partial charge in [-0.05, 0) is 35.4 Å². The van der Waals surface area contributed by atoms with Crippen LogP contribution in [0.15, 0.2) is 69.5 Å². The molecule has 0 radical (unpaired) electrons. The average Bonchev–Trinajstić information content (AvgIpc) is 3.03. The monoisotopic (exact) mass is 414 g/mol. The van der Waals surface area contributed by atoms with E-state index in [1.54, 1.807) is 23.0 Å². The number of hydrogen-bond acceptors (Lipinski definition) is 3. The smallest absolute Gasteiger partial charge is 0.263 e. The Hall–Kier alpha value is -2.31. The molecule has 0 aliphatic rings. The summed E-state index contributed by atoms with van der Waals surface area (Å²) >= 11 is 4.86. The highest BCUT2D eigenvalue weighted by molar-refractivity contribution is 9.10. The molecule has 0 atom stereocenters. The first kappa shape index (κ1) is 16.2. The van der Waals surface area contributed by atoms with Gasteiger partial charge in [-0.3, -0.25) is 9.36 Å².